The second-order valence-corrected chi connectivity index (χ2v) is 6.90. The van der Waals surface area contributed by atoms with Crippen LogP contribution in [0.1, 0.15) is 29.2 Å². The van der Waals surface area contributed by atoms with Gasteiger partial charge in [0.15, 0.2) is 0 Å². The van der Waals surface area contributed by atoms with E-state index in [4.69, 9.17) is 0 Å². The molecule has 1 aliphatic heterocycles. The first-order valence-electron chi connectivity index (χ1n) is 8.18. The Kier molecular flexibility index (Phi) is 5.37. The Morgan fingerprint density at radius 1 is 1.38 bits per heavy atom. The fourth-order valence-electron chi connectivity index (χ4n) is 2.97. The number of fused-ring (bicyclic) bond motifs is 1. The summed E-state index contributed by atoms with van der Waals surface area (Å²) in [6.45, 7) is 1.79. The Morgan fingerprint density at radius 2 is 2.25 bits per heavy atom. The van der Waals surface area contributed by atoms with E-state index in [0.29, 0.717) is 6.54 Å². The van der Waals surface area contributed by atoms with E-state index in [-0.39, 0.29) is 12.6 Å². The minimum atomic E-state index is -0.665. The van der Waals surface area contributed by atoms with Crippen LogP contribution in [0.5, 0.6) is 0 Å². The van der Waals surface area contributed by atoms with Crippen LogP contribution in [-0.2, 0) is 13.0 Å². The lowest BCUT2D eigenvalue weighted by Gasteiger charge is -2.27. The van der Waals surface area contributed by atoms with E-state index in [0.717, 1.165) is 24.1 Å². The van der Waals surface area contributed by atoms with E-state index in [2.05, 4.69) is 40.8 Å². The summed E-state index contributed by atoms with van der Waals surface area (Å²) in [7, 11) is 2.11. The molecule has 1 unspecified atom stereocenters. The molecule has 0 fully saturated rings. The molecule has 1 atom stereocenters. The normalized spacial score (nSPS) is 14.8. The summed E-state index contributed by atoms with van der Waals surface area (Å²) in [6, 6.07) is 7.95. The molecule has 2 heterocycles. The average Bonchev–Trinajstić information content (AvgIpc) is 3.12. The summed E-state index contributed by atoms with van der Waals surface area (Å²) in [4.78, 5) is 14.2. The van der Waals surface area contributed by atoms with Gasteiger partial charge < -0.3 is 20.6 Å². The summed E-state index contributed by atoms with van der Waals surface area (Å²) in [5, 5.41) is 19.3. The molecular formula is C18H23N3O2S. The van der Waals surface area contributed by atoms with Crippen molar-refractivity contribution in [2.45, 2.75) is 25.5 Å². The predicted molar refractivity (Wildman–Crippen MR) is 97.6 cm³/mol. The van der Waals surface area contributed by atoms with Crippen LogP contribution >= 0.6 is 11.3 Å². The molecule has 0 saturated heterocycles. The number of nitrogens with one attached hydrogen (secondary N) is 2. The van der Waals surface area contributed by atoms with E-state index in [1.54, 1.807) is 0 Å². The minimum Gasteiger partial charge on any atom is -0.387 e. The van der Waals surface area contributed by atoms with Crippen molar-refractivity contribution in [2.75, 3.05) is 25.0 Å². The SMILES string of the molecule is CN1CCCc2cc(CNC(=O)NCC(O)c3ccsc3)ccc21. The molecule has 6 heteroatoms. The maximum absolute atomic E-state index is 11.9. The number of anilines is 1. The molecule has 2 aromatic rings. The molecule has 3 N–H and O–H groups in total. The van der Waals surface area contributed by atoms with Gasteiger partial charge in [-0.25, -0.2) is 4.79 Å². The van der Waals surface area contributed by atoms with Gasteiger partial charge in [0.05, 0.1) is 6.10 Å². The number of carbonyl (C=O) groups excluding carboxylic acids is 1. The largest absolute Gasteiger partial charge is 0.387 e. The van der Waals surface area contributed by atoms with Gasteiger partial charge in [-0.1, -0.05) is 12.1 Å². The molecule has 0 aliphatic carbocycles. The Bertz CT molecular complexity index is 688. The number of aliphatic hydroxyl groups is 1. The molecule has 1 aromatic heterocycles. The fourth-order valence-corrected chi connectivity index (χ4v) is 3.67. The van der Waals surface area contributed by atoms with Gasteiger partial charge in [-0.3, -0.25) is 0 Å². The number of amides is 2. The second kappa shape index (κ2) is 7.68. The molecule has 24 heavy (non-hydrogen) atoms. The first kappa shape index (κ1) is 16.8. The lowest BCUT2D eigenvalue weighted by molar-refractivity contribution is 0.173. The van der Waals surface area contributed by atoms with Crippen LogP contribution in [0.2, 0.25) is 0 Å². The smallest absolute Gasteiger partial charge is 0.315 e. The van der Waals surface area contributed by atoms with E-state index in [9.17, 15) is 9.90 Å². The molecule has 0 spiro atoms. The number of rotatable bonds is 5. The summed E-state index contributed by atoms with van der Waals surface area (Å²) in [5.41, 5.74) is 4.56. The van der Waals surface area contributed by atoms with Crippen molar-refractivity contribution in [2.24, 2.45) is 0 Å². The van der Waals surface area contributed by atoms with Crippen LogP contribution in [0.25, 0.3) is 0 Å². The van der Waals surface area contributed by atoms with E-state index < -0.39 is 6.10 Å². The Balaban J connectivity index is 1.48. The molecule has 128 valence electrons. The van der Waals surface area contributed by atoms with Crippen molar-refractivity contribution in [3.8, 4) is 0 Å². The van der Waals surface area contributed by atoms with Gasteiger partial charge in [-0.2, -0.15) is 11.3 Å². The number of nitrogens with zero attached hydrogens (tertiary/aromatic N) is 1. The zero-order valence-corrected chi connectivity index (χ0v) is 14.6. The van der Waals surface area contributed by atoms with E-state index in [1.165, 1.54) is 29.0 Å². The molecular weight excluding hydrogens is 322 g/mol. The zero-order chi connectivity index (χ0) is 16.9. The second-order valence-electron chi connectivity index (χ2n) is 6.12. The fraction of sp³-hybridized carbons (Fsp3) is 0.389. The van der Waals surface area contributed by atoms with Crippen LogP contribution < -0.4 is 15.5 Å². The lowest BCUT2D eigenvalue weighted by atomic mass is 9.99. The molecule has 0 bridgehead atoms. The Labute approximate surface area is 146 Å². The zero-order valence-electron chi connectivity index (χ0n) is 13.8. The van der Waals surface area contributed by atoms with E-state index in [1.807, 2.05) is 16.8 Å². The van der Waals surface area contributed by atoms with Crippen molar-refractivity contribution in [3.05, 3.63) is 51.7 Å². The number of hydrogen-bond donors (Lipinski definition) is 3. The average molecular weight is 345 g/mol. The highest BCUT2D eigenvalue weighted by molar-refractivity contribution is 7.07. The van der Waals surface area contributed by atoms with Crippen molar-refractivity contribution < 1.29 is 9.90 Å². The van der Waals surface area contributed by atoms with E-state index >= 15 is 0 Å². The van der Waals surface area contributed by atoms with Gasteiger partial charge in [0, 0.05) is 32.4 Å². The topological polar surface area (TPSA) is 64.6 Å². The molecule has 5 nitrogen and oxygen atoms in total. The number of hydrogen-bond acceptors (Lipinski definition) is 4. The highest BCUT2D eigenvalue weighted by Crippen LogP contribution is 2.26. The number of urea groups is 1. The number of aryl methyl sites for hydroxylation is 1. The van der Waals surface area contributed by atoms with Crippen LogP contribution in [0.4, 0.5) is 10.5 Å². The van der Waals surface area contributed by atoms with Gasteiger partial charge in [0.25, 0.3) is 0 Å². The molecule has 2 amide bonds. The summed E-state index contributed by atoms with van der Waals surface area (Å²) >= 11 is 1.53. The molecule has 0 radical (unpaired) electrons. The van der Waals surface area contributed by atoms with Gasteiger partial charge in [0.2, 0.25) is 0 Å². The molecule has 3 rings (SSSR count). The number of thiophene rings is 1. The highest BCUT2D eigenvalue weighted by Gasteiger charge is 2.14. The standard InChI is InChI=1S/C18H23N3O2S/c1-21-7-2-3-14-9-13(4-5-16(14)21)10-19-18(23)20-11-17(22)15-6-8-24-12-15/h4-6,8-9,12,17,22H,2-3,7,10-11H2,1H3,(H2,19,20,23). The third-order valence-electron chi connectivity index (χ3n) is 4.33. The van der Waals surface area contributed by atoms with Gasteiger partial charge in [-0.05, 0) is 52.4 Å². The van der Waals surface area contributed by atoms with Gasteiger partial charge >= 0.3 is 6.03 Å². The monoisotopic (exact) mass is 345 g/mol. The maximum atomic E-state index is 11.9. The van der Waals surface area contributed by atoms with Crippen molar-refractivity contribution in [1.29, 1.82) is 0 Å². The van der Waals surface area contributed by atoms with Crippen LogP contribution in [0.3, 0.4) is 0 Å². The maximum Gasteiger partial charge on any atom is 0.315 e. The van der Waals surface area contributed by atoms with Crippen molar-refractivity contribution in [3.63, 3.8) is 0 Å². The molecule has 1 aromatic carbocycles. The molecule has 1 aliphatic rings. The third kappa shape index (κ3) is 4.07. The van der Waals surface area contributed by atoms with Crippen LogP contribution in [0, 0.1) is 0 Å². The van der Waals surface area contributed by atoms with Gasteiger partial charge in [0.1, 0.15) is 0 Å². The first-order chi connectivity index (χ1) is 11.6. The number of carbonyl (C=O) groups is 1. The predicted octanol–water partition coefficient (Wildman–Crippen LogP) is 2.66. The summed E-state index contributed by atoms with van der Waals surface area (Å²) in [6.07, 6.45) is 1.59. The molecule has 0 saturated carbocycles. The summed E-state index contributed by atoms with van der Waals surface area (Å²) < 4.78 is 0. The van der Waals surface area contributed by atoms with Crippen molar-refractivity contribution >= 4 is 23.1 Å². The van der Waals surface area contributed by atoms with Crippen molar-refractivity contribution in [1.82, 2.24) is 10.6 Å². The third-order valence-corrected chi connectivity index (χ3v) is 5.03. The highest BCUT2D eigenvalue weighted by atomic mass is 32.1. The quantitative estimate of drug-likeness (QED) is 0.781. The van der Waals surface area contributed by atoms with Crippen LogP contribution in [-0.4, -0.2) is 31.3 Å². The summed E-state index contributed by atoms with van der Waals surface area (Å²) in [5.74, 6) is 0. The lowest BCUT2D eigenvalue weighted by Crippen LogP contribution is -2.37. The number of aliphatic hydroxyl groups excluding tert-OH is 1. The minimum absolute atomic E-state index is 0.206. The Morgan fingerprint density at radius 3 is 3.04 bits per heavy atom. The van der Waals surface area contributed by atoms with Crippen LogP contribution in [0.15, 0.2) is 35.0 Å². The Hall–Kier alpha value is -2.05. The van der Waals surface area contributed by atoms with Gasteiger partial charge in [-0.15, -0.1) is 0 Å². The first-order valence-corrected chi connectivity index (χ1v) is 9.12. The number of benzene rings is 1.